The van der Waals surface area contributed by atoms with Gasteiger partial charge in [0.15, 0.2) is 0 Å². The molecule has 3 rings (SSSR count). The summed E-state index contributed by atoms with van der Waals surface area (Å²) in [5.74, 6) is 2.01. The van der Waals surface area contributed by atoms with Crippen LogP contribution in [0, 0.1) is 6.92 Å². The normalized spacial score (nSPS) is 14.9. The van der Waals surface area contributed by atoms with Crippen LogP contribution in [0.2, 0.25) is 0 Å². The maximum Gasteiger partial charge on any atom is 0.122 e. The van der Waals surface area contributed by atoms with Gasteiger partial charge < -0.3 is 9.84 Å². The van der Waals surface area contributed by atoms with Crippen LogP contribution in [-0.2, 0) is 6.42 Å². The largest absolute Gasteiger partial charge is 0.508 e. The third-order valence-electron chi connectivity index (χ3n) is 5.11. The summed E-state index contributed by atoms with van der Waals surface area (Å²) in [7, 11) is 1.77. The standard InChI is InChI=1S/C21H26O2.CH4/c1-15-12-21(23-2)19(16-8-4-3-5-9-16)14-18(15)13-17-10-6-7-11-20(17)22;/h6-7,10-12,14,16,22H,3-5,8-9,13H2,1-2H3;1H4. The fourth-order valence-corrected chi connectivity index (χ4v) is 3.71. The highest BCUT2D eigenvalue weighted by atomic mass is 16.5. The third kappa shape index (κ3) is 3.92. The van der Waals surface area contributed by atoms with E-state index in [1.807, 2.05) is 18.2 Å². The number of hydrogen-bond donors (Lipinski definition) is 1. The number of ether oxygens (including phenoxy) is 1. The third-order valence-corrected chi connectivity index (χ3v) is 5.11. The second kappa shape index (κ2) is 8.23. The van der Waals surface area contributed by atoms with Crippen molar-refractivity contribution >= 4 is 0 Å². The van der Waals surface area contributed by atoms with Gasteiger partial charge in [0.1, 0.15) is 11.5 Å². The van der Waals surface area contributed by atoms with Crippen molar-refractivity contribution in [2.75, 3.05) is 7.11 Å². The van der Waals surface area contributed by atoms with Crippen LogP contribution in [0.4, 0.5) is 0 Å². The van der Waals surface area contributed by atoms with E-state index in [9.17, 15) is 5.11 Å². The molecule has 1 saturated carbocycles. The minimum absolute atomic E-state index is 0. The molecule has 1 aliphatic carbocycles. The highest BCUT2D eigenvalue weighted by molar-refractivity contribution is 5.47. The van der Waals surface area contributed by atoms with Gasteiger partial charge in [0.2, 0.25) is 0 Å². The van der Waals surface area contributed by atoms with Gasteiger partial charge in [-0.15, -0.1) is 0 Å². The van der Waals surface area contributed by atoms with Gasteiger partial charge >= 0.3 is 0 Å². The number of methoxy groups -OCH3 is 1. The Bertz CT molecular complexity index is 670. The highest BCUT2D eigenvalue weighted by Gasteiger charge is 2.20. The van der Waals surface area contributed by atoms with Crippen molar-refractivity contribution in [2.24, 2.45) is 0 Å². The highest BCUT2D eigenvalue weighted by Crippen LogP contribution is 2.39. The van der Waals surface area contributed by atoms with Gasteiger partial charge in [0.25, 0.3) is 0 Å². The zero-order chi connectivity index (χ0) is 16.2. The Balaban J connectivity index is 0.00000208. The lowest BCUT2D eigenvalue weighted by Gasteiger charge is -2.25. The van der Waals surface area contributed by atoms with Gasteiger partial charge in [-0.05, 0) is 60.1 Å². The van der Waals surface area contributed by atoms with Crippen LogP contribution in [-0.4, -0.2) is 12.2 Å². The van der Waals surface area contributed by atoms with Gasteiger partial charge in [-0.3, -0.25) is 0 Å². The van der Waals surface area contributed by atoms with Crippen molar-refractivity contribution in [2.45, 2.75) is 58.8 Å². The van der Waals surface area contributed by atoms with Crippen LogP contribution >= 0.6 is 0 Å². The Kier molecular flexibility index (Phi) is 6.30. The zero-order valence-electron chi connectivity index (χ0n) is 14.1. The number of phenolic OH excluding ortho intramolecular Hbond substituents is 1. The molecule has 2 heteroatoms. The quantitative estimate of drug-likeness (QED) is 0.748. The molecule has 0 saturated heterocycles. The lowest BCUT2D eigenvalue weighted by Crippen LogP contribution is -2.08. The number of aryl methyl sites for hydroxylation is 1. The van der Waals surface area contributed by atoms with E-state index in [1.54, 1.807) is 13.2 Å². The molecule has 0 heterocycles. The molecule has 0 spiro atoms. The van der Waals surface area contributed by atoms with Crippen LogP contribution in [0.1, 0.15) is 67.7 Å². The van der Waals surface area contributed by atoms with Gasteiger partial charge in [-0.2, -0.15) is 0 Å². The summed E-state index contributed by atoms with van der Waals surface area (Å²) >= 11 is 0. The maximum absolute atomic E-state index is 10.1. The van der Waals surface area contributed by atoms with Gasteiger partial charge in [-0.1, -0.05) is 51.0 Å². The predicted molar refractivity (Wildman–Crippen MR) is 101 cm³/mol. The summed E-state index contributed by atoms with van der Waals surface area (Å²) in [6, 6.07) is 12.1. The number of hydrogen-bond acceptors (Lipinski definition) is 2. The average molecular weight is 326 g/mol. The topological polar surface area (TPSA) is 29.5 Å². The lowest BCUT2D eigenvalue weighted by molar-refractivity contribution is 0.386. The molecule has 0 radical (unpaired) electrons. The molecule has 0 amide bonds. The van der Waals surface area contributed by atoms with E-state index < -0.39 is 0 Å². The van der Waals surface area contributed by atoms with Crippen molar-refractivity contribution in [1.29, 1.82) is 0 Å². The Labute approximate surface area is 146 Å². The predicted octanol–water partition coefficient (Wildman–Crippen LogP) is 5.98. The van der Waals surface area contributed by atoms with Crippen LogP contribution in [0.5, 0.6) is 11.5 Å². The molecule has 0 bridgehead atoms. The minimum Gasteiger partial charge on any atom is -0.508 e. The van der Waals surface area contributed by atoms with E-state index in [1.165, 1.54) is 48.8 Å². The Morgan fingerprint density at radius 1 is 1.04 bits per heavy atom. The summed E-state index contributed by atoms with van der Waals surface area (Å²) in [4.78, 5) is 0. The molecule has 2 aromatic carbocycles. The van der Waals surface area contributed by atoms with Gasteiger partial charge in [0.05, 0.1) is 7.11 Å². The van der Waals surface area contributed by atoms with Crippen LogP contribution in [0.3, 0.4) is 0 Å². The summed E-state index contributed by atoms with van der Waals surface area (Å²) in [5.41, 5.74) is 4.84. The number of para-hydroxylation sites is 1. The molecule has 24 heavy (non-hydrogen) atoms. The van der Waals surface area contributed by atoms with Crippen molar-refractivity contribution in [1.82, 2.24) is 0 Å². The molecule has 2 aromatic rings. The van der Waals surface area contributed by atoms with Crippen molar-refractivity contribution < 1.29 is 9.84 Å². The maximum atomic E-state index is 10.1. The van der Waals surface area contributed by atoms with Crippen molar-refractivity contribution in [3.8, 4) is 11.5 Å². The molecule has 130 valence electrons. The van der Waals surface area contributed by atoms with Crippen LogP contribution in [0.25, 0.3) is 0 Å². The van der Waals surface area contributed by atoms with Gasteiger partial charge in [-0.25, -0.2) is 0 Å². The first-order valence-electron chi connectivity index (χ1n) is 8.63. The first-order valence-corrected chi connectivity index (χ1v) is 8.63. The summed E-state index contributed by atoms with van der Waals surface area (Å²) in [6.45, 7) is 2.13. The molecule has 0 aliphatic heterocycles. The second-order valence-electron chi connectivity index (χ2n) is 6.66. The van der Waals surface area contributed by atoms with Crippen molar-refractivity contribution in [3.63, 3.8) is 0 Å². The van der Waals surface area contributed by atoms with Crippen LogP contribution < -0.4 is 4.74 Å². The molecule has 1 aliphatic rings. The monoisotopic (exact) mass is 326 g/mol. The van der Waals surface area contributed by atoms with E-state index in [4.69, 9.17) is 4.74 Å². The molecular formula is C22H30O2. The zero-order valence-corrected chi connectivity index (χ0v) is 14.1. The summed E-state index contributed by atoms with van der Waals surface area (Å²) < 4.78 is 5.66. The number of phenols is 1. The van der Waals surface area contributed by atoms with E-state index in [0.29, 0.717) is 11.7 Å². The fraction of sp³-hybridized carbons (Fsp3) is 0.455. The Morgan fingerprint density at radius 2 is 1.75 bits per heavy atom. The fourth-order valence-electron chi connectivity index (χ4n) is 3.71. The van der Waals surface area contributed by atoms with Crippen LogP contribution in [0.15, 0.2) is 36.4 Å². The second-order valence-corrected chi connectivity index (χ2v) is 6.66. The first-order chi connectivity index (χ1) is 11.2. The van der Waals surface area contributed by atoms with E-state index >= 15 is 0 Å². The number of rotatable bonds is 4. The molecule has 0 unspecified atom stereocenters. The number of aromatic hydroxyl groups is 1. The molecular weight excluding hydrogens is 296 g/mol. The van der Waals surface area contributed by atoms with E-state index in [0.717, 1.165) is 17.7 Å². The average Bonchev–Trinajstić information content (AvgIpc) is 2.59. The summed E-state index contributed by atoms with van der Waals surface area (Å²) in [5, 5.41) is 10.1. The molecule has 1 fully saturated rings. The summed E-state index contributed by atoms with van der Waals surface area (Å²) in [6.07, 6.45) is 7.27. The Morgan fingerprint density at radius 3 is 2.42 bits per heavy atom. The molecule has 0 atom stereocenters. The Hall–Kier alpha value is -1.96. The van der Waals surface area contributed by atoms with E-state index in [2.05, 4.69) is 19.1 Å². The lowest BCUT2D eigenvalue weighted by atomic mass is 9.82. The molecule has 2 nitrogen and oxygen atoms in total. The number of benzene rings is 2. The first kappa shape index (κ1) is 18.4. The van der Waals surface area contributed by atoms with E-state index in [-0.39, 0.29) is 7.43 Å². The van der Waals surface area contributed by atoms with Crippen molar-refractivity contribution in [3.05, 3.63) is 58.7 Å². The molecule has 0 aromatic heterocycles. The smallest absolute Gasteiger partial charge is 0.122 e. The SMILES string of the molecule is C.COc1cc(C)c(Cc2ccccc2O)cc1C1CCCCC1. The minimum atomic E-state index is 0. The molecule has 1 N–H and O–H groups in total. The van der Waals surface area contributed by atoms with Gasteiger partial charge in [0, 0.05) is 6.42 Å².